The number of methoxy groups -OCH3 is 1. The van der Waals surface area contributed by atoms with Gasteiger partial charge in [0.05, 0.1) is 7.11 Å². The number of hydrogen-bond acceptors (Lipinski definition) is 4. The maximum Gasteiger partial charge on any atom is 0.319 e. The average molecular weight is 164 g/mol. The van der Waals surface area contributed by atoms with Crippen molar-refractivity contribution in [1.29, 1.82) is 0 Å². The molecule has 0 aromatic rings. The van der Waals surface area contributed by atoms with Crippen molar-refractivity contribution in [1.82, 2.24) is 0 Å². The van der Waals surface area contributed by atoms with Gasteiger partial charge < -0.3 is 4.74 Å². The van der Waals surface area contributed by atoms with E-state index in [1.54, 1.807) is 21.6 Å². The van der Waals surface area contributed by atoms with Gasteiger partial charge in [0.15, 0.2) is 0 Å². The lowest BCUT2D eigenvalue weighted by Gasteiger charge is -2.01. The molecule has 0 aliphatic carbocycles. The molecule has 0 saturated carbocycles. The molecule has 0 aromatic carbocycles. The fourth-order valence-corrected chi connectivity index (χ4v) is 3.35. The molecule has 1 aliphatic rings. The second-order valence-corrected chi connectivity index (χ2v) is 4.41. The maximum atomic E-state index is 10.8. The zero-order chi connectivity index (χ0) is 6.69. The zero-order valence-corrected chi connectivity index (χ0v) is 6.76. The summed E-state index contributed by atoms with van der Waals surface area (Å²) >= 11 is 0. The number of ether oxygens (including phenoxy) is 1. The van der Waals surface area contributed by atoms with Gasteiger partial charge in [-0.05, 0) is 6.42 Å². The summed E-state index contributed by atoms with van der Waals surface area (Å²) < 4.78 is 4.56. The Labute approximate surface area is 62.1 Å². The molecule has 1 atom stereocenters. The molecule has 1 unspecified atom stereocenters. The van der Waals surface area contributed by atoms with Crippen LogP contribution in [0.25, 0.3) is 0 Å². The summed E-state index contributed by atoms with van der Waals surface area (Å²) in [5.74, 6) is 0.995. The van der Waals surface area contributed by atoms with E-state index in [0.717, 1.165) is 12.2 Å². The van der Waals surface area contributed by atoms with Gasteiger partial charge in [-0.1, -0.05) is 21.6 Å². The number of carbonyl (C=O) groups is 1. The van der Waals surface area contributed by atoms with Crippen LogP contribution in [0.5, 0.6) is 0 Å². The fourth-order valence-electron chi connectivity index (χ4n) is 0.622. The van der Waals surface area contributed by atoms with Crippen molar-refractivity contribution >= 4 is 27.6 Å². The standard InChI is InChI=1S/C5H8O2S2/c1-7-5(6)4-2-3-8-9-4/h4H,2-3H2,1H3. The molecule has 4 heteroatoms. The molecule has 1 saturated heterocycles. The van der Waals surface area contributed by atoms with Gasteiger partial charge in [-0.2, -0.15) is 0 Å². The largest absolute Gasteiger partial charge is 0.468 e. The highest BCUT2D eigenvalue weighted by molar-refractivity contribution is 8.77. The summed E-state index contributed by atoms with van der Waals surface area (Å²) in [5, 5.41) is 0.0972. The van der Waals surface area contributed by atoms with Gasteiger partial charge in [0.2, 0.25) is 0 Å². The molecule has 1 rings (SSSR count). The SMILES string of the molecule is COC(=O)C1CCSS1. The Morgan fingerprint density at radius 1 is 1.78 bits per heavy atom. The quantitative estimate of drug-likeness (QED) is 0.431. The van der Waals surface area contributed by atoms with Gasteiger partial charge in [0.25, 0.3) is 0 Å². The van der Waals surface area contributed by atoms with Crippen LogP contribution < -0.4 is 0 Å². The van der Waals surface area contributed by atoms with Gasteiger partial charge in [0.1, 0.15) is 5.25 Å². The van der Waals surface area contributed by atoms with Crippen LogP contribution in [0, 0.1) is 0 Å². The molecule has 9 heavy (non-hydrogen) atoms. The zero-order valence-electron chi connectivity index (χ0n) is 5.12. The molecule has 0 radical (unpaired) electrons. The van der Waals surface area contributed by atoms with Crippen molar-refractivity contribution in [3.63, 3.8) is 0 Å². The van der Waals surface area contributed by atoms with Gasteiger partial charge in [0, 0.05) is 5.75 Å². The Morgan fingerprint density at radius 3 is 3.00 bits per heavy atom. The van der Waals surface area contributed by atoms with Crippen molar-refractivity contribution in [2.24, 2.45) is 0 Å². The molecule has 0 amide bonds. The van der Waals surface area contributed by atoms with Gasteiger partial charge in [-0.15, -0.1) is 0 Å². The first kappa shape index (κ1) is 7.28. The third-order valence-corrected chi connectivity index (χ3v) is 3.92. The number of rotatable bonds is 1. The van der Waals surface area contributed by atoms with Crippen LogP contribution in [-0.4, -0.2) is 24.1 Å². The van der Waals surface area contributed by atoms with Gasteiger partial charge >= 0.3 is 5.97 Å². The summed E-state index contributed by atoms with van der Waals surface area (Å²) in [4.78, 5) is 10.8. The van der Waals surface area contributed by atoms with Gasteiger partial charge in [-0.3, -0.25) is 4.79 Å². The Balaban J connectivity index is 2.32. The highest BCUT2D eigenvalue weighted by Crippen LogP contribution is 2.37. The van der Waals surface area contributed by atoms with Crippen LogP contribution in [0.2, 0.25) is 0 Å². The normalized spacial score (nSPS) is 26.1. The summed E-state index contributed by atoms with van der Waals surface area (Å²) in [6.45, 7) is 0. The Morgan fingerprint density at radius 2 is 2.56 bits per heavy atom. The minimum atomic E-state index is -0.0787. The Bertz CT molecular complexity index is 110. The van der Waals surface area contributed by atoms with Crippen molar-refractivity contribution in [2.45, 2.75) is 11.7 Å². The molecule has 1 aliphatic heterocycles. The summed E-state index contributed by atoms with van der Waals surface area (Å²) in [5.41, 5.74) is 0. The smallest absolute Gasteiger partial charge is 0.319 e. The van der Waals surface area contributed by atoms with Crippen LogP contribution in [0.4, 0.5) is 0 Å². The summed E-state index contributed by atoms with van der Waals surface area (Å²) in [6, 6.07) is 0. The van der Waals surface area contributed by atoms with Crippen molar-refractivity contribution in [3.05, 3.63) is 0 Å². The predicted molar refractivity (Wildman–Crippen MR) is 40.5 cm³/mol. The minimum Gasteiger partial charge on any atom is -0.468 e. The third-order valence-electron chi connectivity index (χ3n) is 1.11. The molecule has 0 spiro atoms. The van der Waals surface area contributed by atoms with E-state index in [1.807, 2.05) is 0 Å². The van der Waals surface area contributed by atoms with E-state index in [1.165, 1.54) is 7.11 Å². The molecule has 1 heterocycles. The lowest BCUT2D eigenvalue weighted by molar-refractivity contribution is -0.139. The lowest BCUT2D eigenvalue weighted by atomic mass is 10.3. The Hall–Kier alpha value is 0.170. The molecule has 2 nitrogen and oxygen atoms in total. The lowest BCUT2D eigenvalue weighted by Crippen LogP contribution is -2.15. The predicted octanol–water partition coefficient (Wildman–Crippen LogP) is 1.31. The minimum absolute atomic E-state index is 0.0787. The monoisotopic (exact) mass is 164 g/mol. The highest BCUT2D eigenvalue weighted by Gasteiger charge is 2.24. The van der Waals surface area contributed by atoms with Crippen molar-refractivity contribution in [3.8, 4) is 0 Å². The van der Waals surface area contributed by atoms with E-state index in [0.29, 0.717) is 0 Å². The molecule has 1 fully saturated rings. The molecular weight excluding hydrogens is 156 g/mol. The fraction of sp³-hybridized carbons (Fsp3) is 0.800. The second kappa shape index (κ2) is 3.37. The van der Waals surface area contributed by atoms with E-state index in [9.17, 15) is 4.79 Å². The van der Waals surface area contributed by atoms with E-state index >= 15 is 0 Å². The molecule has 52 valence electrons. The van der Waals surface area contributed by atoms with Gasteiger partial charge in [-0.25, -0.2) is 0 Å². The third kappa shape index (κ3) is 1.79. The maximum absolute atomic E-state index is 10.8. The van der Waals surface area contributed by atoms with Crippen LogP contribution >= 0.6 is 21.6 Å². The van der Waals surface area contributed by atoms with E-state index < -0.39 is 0 Å². The summed E-state index contributed by atoms with van der Waals surface area (Å²) in [6.07, 6.45) is 0.960. The Kier molecular flexibility index (Phi) is 2.72. The first-order valence-corrected chi connectivity index (χ1v) is 5.09. The number of carbonyl (C=O) groups excluding carboxylic acids is 1. The van der Waals surface area contributed by atoms with E-state index in [2.05, 4.69) is 4.74 Å². The van der Waals surface area contributed by atoms with Crippen LogP contribution in [0.3, 0.4) is 0 Å². The highest BCUT2D eigenvalue weighted by atomic mass is 33.1. The molecule has 0 bridgehead atoms. The van der Waals surface area contributed by atoms with E-state index in [-0.39, 0.29) is 11.2 Å². The van der Waals surface area contributed by atoms with Crippen molar-refractivity contribution in [2.75, 3.05) is 12.9 Å². The van der Waals surface area contributed by atoms with Crippen molar-refractivity contribution < 1.29 is 9.53 Å². The molecule has 0 N–H and O–H groups in total. The summed E-state index contributed by atoms with van der Waals surface area (Å²) in [7, 11) is 4.80. The molecule has 0 aromatic heterocycles. The van der Waals surface area contributed by atoms with Crippen LogP contribution in [-0.2, 0) is 9.53 Å². The van der Waals surface area contributed by atoms with Crippen LogP contribution in [0.1, 0.15) is 6.42 Å². The average Bonchev–Trinajstić information content (AvgIpc) is 2.37. The topological polar surface area (TPSA) is 26.3 Å². The second-order valence-electron chi connectivity index (χ2n) is 1.72. The molecular formula is C5H8O2S2. The number of esters is 1. The first-order valence-electron chi connectivity index (χ1n) is 2.70. The number of hydrogen-bond donors (Lipinski definition) is 0. The first-order chi connectivity index (χ1) is 4.34. The van der Waals surface area contributed by atoms with Crippen LogP contribution in [0.15, 0.2) is 0 Å². The van der Waals surface area contributed by atoms with E-state index in [4.69, 9.17) is 0 Å².